The maximum atomic E-state index is 12.5. The summed E-state index contributed by atoms with van der Waals surface area (Å²) in [6.07, 6.45) is 1.47. The summed E-state index contributed by atoms with van der Waals surface area (Å²) in [5, 5.41) is 11.6. The summed E-state index contributed by atoms with van der Waals surface area (Å²) in [4.78, 5) is 52.5. The smallest absolute Gasteiger partial charge is 0.352 e. The minimum atomic E-state index is -1.28. The number of nitrogens with one attached hydrogen (secondary N) is 1. The number of esters is 1. The van der Waals surface area contributed by atoms with Crippen molar-refractivity contribution in [1.82, 2.24) is 15.2 Å². The van der Waals surface area contributed by atoms with E-state index in [-0.39, 0.29) is 30.3 Å². The fraction of sp³-hybridized carbons (Fsp3) is 0.353. The normalized spacial score (nSPS) is 20.9. The molecule has 1 aromatic rings. The van der Waals surface area contributed by atoms with Gasteiger partial charge in [-0.05, 0) is 6.07 Å². The average molecular weight is 406 g/mol. The van der Waals surface area contributed by atoms with Crippen LogP contribution in [0.2, 0.25) is 0 Å². The fourth-order valence-electron chi connectivity index (χ4n) is 2.98. The maximum absolute atomic E-state index is 12.5. The molecule has 10 nitrogen and oxygen atoms in total. The molecule has 11 heteroatoms. The Bertz CT molecular complexity index is 886. The molecule has 3 heterocycles. The van der Waals surface area contributed by atoms with E-state index in [4.69, 9.17) is 10.5 Å². The highest BCUT2D eigenvalue weighted by atomic mass is 32.2. The number of nitrogen functional groups attached to an aromatic ring is 1. The summed E-state index contributed by atoms with van der Waals surface area (Å²) in [5.41, 5.74) is 6.40. The van der Waals surface area contributed by atoms with E-state index in [1.165, 1.54) is 24.9 Å². The van der Waals surface area contributed by atoms with Crippen LogP contribution in [0.15, 0.2) is 29.6 Å². The number of β-lactam (4-membered cyclic amide) rings is 1. The number of nitrogens with two attached hydrogens (primary N) is 1. The highest BCUT2D eigenvalue weighted by Crippen LogP contribution is 2.40. The number of hydrogen-bond donors (Lipinski definition) is 3. The number of carbonyl (C=O) groups is 4. The number of fused-ring (bicyclic) bond motifs is 1. The summed E-state index contributed by atoms with van der Waals surface area (Å²) in [6.45, 7) is 1.02. The van der Waals surface area contributed by atoms with E-state index < -0.39 is 35.2 Å². The number of carbonyl (C=O) groups excluding carboxylic acids is 3. The lowest BCUT2D eigenvalue weighted by atomic mass is 10.0. The molecule has 1 aromatic heterocycles. The lowest BCUT2D eigenvalue weighted by Gasteiger charge is -2.49. The van der Waals surface area contributed by atoms with Crippen LogP contribution in [0, 0.1) is 0 Å². The first-order valence-corrected chi connectivity index (χ1v) is 9.36. The van der Waals surface area contributed by atoms with Gasteiger partial charge in [-0.2, -0.15) is 0 Å². The molecule has 28 heavy (non-hydrogen) atoms. The van der Waals surface area contributed by atoms with Gasteiger partial charge in [0.15, 0.2) is 0 Å². The van der Waals surface area contributed by atoms with Gasteiger partial charge in [0.05, 0.1) is 6.42 Å². The minimum absolute atomic E-state index is 0.0415. The molecule has 4 N–H and O–H groups in total. The van der Waals surface area contributed by atoms with Crippen molar-refractivity contribution < 1.29 is 29.0 Å². The first kappa shape index (κ1) is 19.7. The highest BCUT2D eigenvalue weighted by Gasteiger charge is 2.54. The molecule has 2 aliphatic rings. The quantitative estimate of drug-likeness (QED) is 0.419. The van der Waals surface area contributed by atoms with E-state index in [1.807, 2.05) is 0 Å². The van der Waals surface area contributed by atoms with Gasteiger partial charge in [0.1, 0.15) is 29.5 Å². The number of carboxylic acid groups (broad SMARTS) is 1. The molecule has 2 amide bonds. The molecule has 148 valence electrons. The number of thioether (sulfide) groups is 1. The number of rotatable bonds is 6. The number of nitrogens with zero attached hydrogens (tertiary/aromatic N) is 2. The zero-order valence-electron chi connectivity index (χ0n) is 14.9. The molecule has 0 aromatic carbocycles. The van der Waals surface area contributed by atoms with E-state index in [0.29, 0.717) is 11.1 Å². The third-order valence-corrected chi connectivity index (χ3v) is 5.63. The Kier molecular flexibility index (Phi) is 5.54. The van der Waals surface area contributed by atoms with E-state index in [9.17, 15) is 24.3 Å². The number of aliphatic carboxylic acids is 1. The van der Waals surface area contributed by atoms with Crippen molar-refractivity contribution in [1.29, 1.82) is 0 Å². The lowest BCUT2D eigenvalue weighted by Crippen LogP contribution is -2.70. The summed E-state index contributed by atoms with van der Waals surface area (Å²) < 4.78 is 4.87. The Morgan fingerprint density at radius 3 is 2.86 bits per heavy atom. The van der Waals surface area contributed by atoms with Crippen LogP contribution in [0.5, 0.6) is 0 Å². The van der Waals surface area contributed by atoms with E-state index >= 15 is 0 Å². The standard InChI is InChI=1S/C17H18N4O6S/c1-8(22)27-6-10-7-28-16-12(15(24)21(16)13(10)17(25)26)20-11(23)5-9-3-2-4-19-14(9)18/h2-4,12,16H,5-7H2,1H3,(H2,18,19)(H,20,23)(H,25,26)/t12-,16?/m1/s1. The lowest BCUT2D eigenvalue weighted by molar-refractivity contribution is -0.151. The van der Waals surface area contributed by atoms with Crippen molar-refractivity contribution in [2.45, 2.75) is 24.8 Å². The second kappa shape index (κ2) is 7.89. The Hall–Kier alpha value is -3.08. The Balaban J connectivity index is 1.69. The number of ether oxygens (including phenoxy) is 1. The maximum Gasteiger partial charge on any atom is 0.352 e. The van der Waals surface area contributed by atoms with Crippen molar-refractivity contribution in [3.63, 3.8) is 0 Å². The summed E-state index contributed by atoms with van der Waals surface area (Å²) >= 11 is 1.30. The van der Waals surface area contributed by atoms with E-state index in [0.717, 1.165) is 4.90 Å². The monoisotopic (exact) mass is 406 g/mol. The van der Waals surface area contributed by atoms with Gasteiger partial charge in [-0.1, -0.05) is 6.07 Å². The Morgan fingerprint density at radius 2 is 2.21 bits per heavy atom. The predicted octanol–water partition coefficient (Wildman–Crippen LogP) is -0.492. The first-order chi connectivity index (χ1) is 13.3. The molecule has 0 radical (unpaired) electrons. The number of hydrogen-bond acceptors (Lipinski definition) is 8. The molecular weight excluding hydrogens is 388 g/mol. The van der Waals surface area contributed by atoms with Crippen molar-refractivity contribution in [2.75, 3.05) is 18.1 Å². The minimum Gasteiger partial charge on any atom is -0.477 e. The van der Waals surface area contributed by atoms with Crippen molar-refractivity contribution in [3.05, 3.63) is 35.2 Å². The number of carboxylic acids is 1. The van der Waals surface area contributed by atoms with Crippen LogP contribution in [0.25, 0.3) is 0 Å². The van der Waals surface area contributed by atoms with Crippen LogP contribution in [0.1, 0.15) is 12.5 Å². The number of amides is 2. The fourth-order valence-corrected chi connectivity index (χ4v) is 4.31. The number of anilines is 1. The van der Waals surface area contributed by atoms with Crippen molar-refractivity contribution in [3.8, 4) is 0 Å². The first-order valence-electron chi connectivity index (χ1n) is 8.31. The van der Waals surface area contributed by atoms with Crippen molar-refractivity contribution in [2.24, 2.45) is 0 Å². The predicted molar refractivity (Wildman–Crippen MR) is 98.7 cm³/mol. The van der Waals surface area contributed by atoms with Crippen LogP contribution in [0.3, 0.4) is 0 Å². The van der Waals surface area contributed by atoms with Crippen LogP contribution >= 0.6 is 11.8 Å². The van der Waals surface area contributed by atoms with Crippen molar-refractivity contribution >= 4 is 41.3 Å². The van der Waals surface area contributed by atoms with Gasteiger partial charge < -0.3 is 20.9 Å². The van der Waals surface area contributed by atoms with Gasteiger partial charge in [0.25, 0.3) is 5.91 Å². The Labute approximate surface area is 164 Å². The van der Waals surface area contributed by atoms with Gasteiger partial charge in [-0.3, -0.25) is 19.3 Å². The number of pyridine rings is 1. The number of aromatic nitrogens is 1. The Morgan fingerprint density at radius 1 is 1.46 bits per heavy atom. The van der Waals surface area contributed by atoms with E-state index in [2.05, 4.69) is 10.3 Å². The molecule has 0 saturated carbocycles. The summed E-state index contributed by atoms with van der Waals surface area (Å²) in [7, 11) is 0. The van der Waals surface area contributed by atoms with E-state index in [1.54, 1.807) is 12.1 Å². The second-order valence-electron chi connectivity index (χ2n) is 6.22. The topological polar surface area (TPSA) is 152 Å². The molecule has 0 spiro atoms. The zero-order valence-corrected chi connectivity index (χ0v) is 15.7. The SMILES string of the molecule is CC(=O)OCC1=C(C(=O)O)N2C(=O)[C@@H](NC(=O)Cc3cccnc3N)C2SC1. The van der Waals surface area contributed by atoms with Crippen LogP contribution < -0.4 is 11.1 Å². The summed E-state index contributed by atoms with van der Waals surface area (Å²) in [6, 6.07) is 2.49. The van der Waals surface area contributed by atoms with Gasteiger partial charge in [-0.15, -0.1) is 11.8 Å². The van der Waals surface area contributed by atoms with Crippen LogP contribution in [-0.4, -0.2) is 62.5 Å². The third kappa shape index (κ3) is 3.79. The molecule has 1 fully saturated rings. The summed E-state index contributed by atoms with van der Waals surface area (Å²) in [5.74, 6) is -2.26. The molecule has 1 unspecified atom stereocenters. The van der Waals surface area contributed by atoms with Gasteiger partial charge in [0.2, 0.25) is 5.91 Å². The van der Waals surface area contributed by atoms with Gasteiger partial charge in [0, 0.05) is 30.0 Å². The molecule has 1 saturated heterocycles. The molecule has 2 atom stereocenters. The molecule has 3 rings (SSSR count). The largest absolute Gasteiger partial charge is 0.477 e. The van der Waals surface area contributed by atoms with Gasteiger partial charge in [-0.25, -0.2) is 9.78 Å². The molecule has 2 aliphatic heterocycles. The molecule has 0 bridgehead atoms. The molecule has 0 aliphatic carbocycles. The van der Waals surface area contributed by atoms with Gasteiger partial charge >= 0.3 is 11.9 Å². The zero-order chi connectivity index (χ0) is 20.4. The average Bonchev–Trinajstić information content (AvgIpc) is 2.65. The third-order valence-electron chi connectivity index (χ3n) is 4.29. The van der Waals surface area contributed by atoms with Crippen LogP contribution in [0.4, 0.5) is 5.82 Å². The highest BCUT2D eigenvalue weighted by molar-refractivity contribution is 8.00. The second-order valence-corrected chi connectivity index (χ2v) is 7.32. The van der Waals surface area contributed by atoms with Crippen LogP contribution in [-0.2, 0) is 30.3 Å². The molecular formula is C17H18N4O6S.